The molecule has 270 valence electrons. The third-order valence-electron chi connectivity index (χ3n) is 11.3. The molecular weight excluding hydrogens is 711 g/mol. The average Bonchev–Trinajstić information content (AvgIpc) is 3.87. The average molecular weight is 742 g/mol. The van der Waals surface area contributed by atoms with Crippen LogP contribution in [0.5, 0.6) is 0 Å². The number of aromatic nitrogens is 3. The van der Waals surface area contributed by atoms with Gasteiger partial charge in [-0.15, -0.1) is 0 Å². The molecule has 0 aliphatic carbocycles. The molecular formula is C53H31N3O2. The maximum atomic E-state index is 6.79. The molecule has 8 aromatic carbocycles. The van der Waals surface area contributed by atoms with Crippen molar-refractivity contribution in [2.24, 2.45) is 0 Å². The van der Waals surface area contributed by atoms with Crippen molar-refractivity contribution in [3.05, 3.63) is 188 Å². The Morgan fingerprint density at radius 1 is 0.328 bits per heavy atom. The summed E-state index contributed by atoms with van der Waals surface area (Å²) in [6.45, 7) is 0. The quantitative estimate of drug-likeness (QED) is 0.164. The molecule has 0 saturated heterocycles. The van der Waals surface area contributed by atoms with Crippen molar-refractivity contribution in [1.82, 2.24) is 15.0 Å². The number of hydrogen-bond donors (Lipinski definition) is 0. The largest absolute Gasteiger partial charge is 0.456 e. The van der Waals surface area contributed by atoms with Crippen molar-refractivity contribution in [1.29, 1.82) is 0 Å². The third kappa shape index (κ3) is 5.14. The molecule has 5 heteroatoms. The van der Waals surface area contributed by atoms with E-state index < -0.39 is 0 Å². The Balaban J connectivity index is 1.05. The van der Waals surface area contributed by atoms with Crippen LogP contribution >= 0.6 is 0 Å². The van der Waals surface area contributed by atoms with E-state index >= 15 is 0 Å². The van der Waals surface area contributed by atoms with E-state index in [0.717, 1.165) is 116 Å². The van der Waals surface area contributed by atoms with Gasteiger partial charge in [-0.3, -0.25) is 0 Å². The Morgan fingerprint density at radius 3 is 1.69 bits per heavy atom. The second-order valence-corrected chi connectivity index (χ2v) is 14.7. The molecule has 0 spiro atoms. The molecule has 0 atom stereocenters. The fraction of sp³-hybridized carbons (Fsp3) is 0. The molecule has 0 radical (unpaired) electrons. The Hall–Kier alpha value is -7.89. The van der Waals surface area contributed by atoms with Crippen LogP contribution in [-0.2, 0) is 0 Å². The van der Waals surface area contributed by atoms with Crippen molar-refractivity contribution >= 4 is 65.6 Å². The number of benzene rings is 8. The maximum absolute atomic E-state index is 6.79. The first kappa shape index (κ1) is 32.4. The van der Waals surface area contributed by atoms with E-state index in [4.69, 9.17) is 23.8 Å². The molecule has 0 N–H and O–H groups in total. The van der Waals surface area contributed by atoms with Gasteiger partial charge in [-0.1, -0.05) is 146 Å². The first-order valence-corrected chi connectivity index (χ1v) is 19.4. The molecule has 12 aromatic rings. The normalized spacial score (nSPS) is 11.8. The van der Waals surface area contributed by atoms with Gasteiger partial charge in [0, 0.05) is 65.5 Å². The number of furan rings is 2. The van der Waals surface area contributed by atoms with Gasteiger partial charge in [-0.25, -0.2) is 15.0 Å². The second kappa shape index (κ2) is 12.8. The van der Waals surface area contributed by atoms with Crippen molar-refractivity contribution in [2.45, 2.75) is 0 Å². The summed E-state index contributed by atoms with van der Waals surface area (Å²) < 4.78 is 13.1. The molecule has 0 amide bonds. The lowest BCUT2D eigenvalue weighted by Crippen LogP contribution is -1.96. The van der Waals surface area contributed by atoms with E-state index in [2.05, 4.69) is 140 Å². The summed E-state index contributed by atoms with van der Waals surface area (Å²) in [5.74, 6) is 0.661. The van der Waals surface area contributed by atoms with Crippen molar-refractivity contribution in [3.8, 4) is 56.3 Å². The van der Waals surface area contributed by atoms with E-state index in [1.54, 1.807) is 0 Å². The van der Waals surface area contributed by atoms with Crippen molar-refractivity contribution in [2.75, 3.05) is 0 Å². The van der Waals surface area contributed by atoms with Gasteiger partial charge in [0.15, 0.2) is 5.82 Å². The Kier molecular flexibility index (Phi) is 7.16. The molecule has 58 heavy (non-hydrogen) atoms. The lowest BCUT2D eigenvalue weighted by Gasteiger charge is -2.14. The highest BCUT2D eigenvalue weighted by Crippen LogP contribution is 2.46. The molecule has 4 aromatic heterocycles. The standard InChI is InChI=1S/C53H31N3O2/c1-3-13-34(14-4-1)51-42-30-41(52-50(40-19-9-12-22-47(40)58-52)49(42)39-18-7-10-20-43(39)54-51)32-23-25-33(26-24-32)44-31-45(56-53(55-44)35-15-5-2-6-16-35)36-27-28-38-37-17-8-11-21-46(37)57-48(38)29-36/h1-31H. The van der Waals surface area contributed by atoms with Crippen molar-refractivity contribution < 1.29 is 8.83 Å². The first-order chi connectivity index (χ1) is 28.7. The lowest BCUT2D eigenvalue weighted by atomic mass is 9.91. The number of rotatable bonds is 5. The van der Waals surface area contributed by atoms with E-state index in [1.807, 2.05) is 48.5 Å². The van der Waals surface area contributed by atoms with Crippen LogP contribution in [0.4, 0.5) is 0 Å². The van der Waals surface area contributed by atoms with E-state index in [0.29, 0.717) is 5.82 Å². The summed E-state index contributed by atoms with van der Waals surface area (Å²) in [5, 5.41) is 7.69. The molecule has 0 aliphatic rings. The van der Waals surface area contributed by atoms with Gasteiger partial charge < -0.3 is 8.83 Å². The SMILES string of the molecule is c1ccc(-c2nc(-c3ccc(-c4cc5c(-c6ccccc6)nc6ccccc6c5c5c4oc4ccccc45)cc3)cc(-c3ccc4c(c3)oc3ccccc34)n2)cc1. The molecule has 0 bridgehead atoms. The summed E-state index contributed by atoms with van der Waals surface area (Å²) in [4.78, 5) is 15.5. The van der Waals surface area contributed by atoms with Gasteiger partial charge in [-0.05, 0) is 48.0 Å². The number of hydrogen-bond acceptors (Lipinski definition) is 5. The highest BCUT2D eigenvalue weighted by molar-refractivity contribution is 6.30. The highest BCUT2D eigenvalue weighted by Gasteiger charge is 2.22. The Morgan fingerprint density at radius 2 is 0.914 bits per heavy atom. The minimum atomic E-state index is 0.661. The maximum Gasteiger partial charge on any atom is 0.160 e. The van der Waals surface area contributed by atoms with Crippen LogP contribution in [0.25, 0.3) is 122 Å². The third-order valence-corrected chi connectivity index (χ3v) is 11.3. The summed E-state index contributed by atoms with van der Waals surface area (Å²) >= 11 is 0. The number of pyridine rings is 1. The van der Waals surface area contributed by atoms with Gasteiger partial charge in [0.05, 0.1) is 22.6 Å². The minimum absolute atomic E-state index is 0.661. The zero-order chi connectivity index (χ0) is 38.2. The van der Waals surface area contributed by atoms with Crippen LogP contribution in [0.1, 0.15) is 0 Å². The van der Waals surface area contributed by atoms with Crippen LogP contribution in [0, 0.1) is 0 Å². The molecule has 0 saturated carbocycles. The summed E-state index contributed by atoms with van der Waals surface area (Å²) in [7, 11) is 0. The van der Waals surface area contributed by atoms with Gasteiger partial charge in [0.1, 0.15) is 22.3 Å². The van der Waals surface area contributed by atoms with Gasteiger partial charge in [0.2, 0.25) is 0 Å². The molecule has 0 fully saturated rings. The zero-order valence-electron chi connectivity index (χ0n) is 31.1. The first-order valence-electron chi connectivity index (χ1n) is 19.4. The minimum Gasteiger partial charge on any atom is -0.456 e. The molecule has 0 aliphatic heterocycles. The van der Waals surface area contributed by atoms with E-state index in [1.165, 1.54) is 0 Å². The molecule has 0 unspecified atom stereocenters. The van der Waals surface area contributed by atoms with Crippen LogP contribution in [0.2, 0.25) is 0 Å². The fourth-order valence-corrected chi connectivity index (χ4v) is 8.53. The topological polar surface area (TPSA) is 65.0 Å². The predicted molar refractivity (Wildman–Crippen MR) is 237 cm³/mol. The van der Waals surface area contributed by atoms with Crippen LogP contribution in [0.15, 0.2) is 197 Å². The Labute approximate surface area is 332 Å². The highest BCUT2D eigenvalue weighted by atomic mass is 16.3. The van der Waals surface area contributed by atoms with Crippen LogP contribution in [0.3, 0.4) is 0 Å². The van der Waals surface area contributed by atoms with Gasteiger partial charge in [0.25, 0.3) is 0 Å². The molecule has 12 rings (SSSR count). The smallest absolute Gasteiger partial charge is 0.160 e. The van der Waals surface area contributed by atoms with Crippen LogP contribution < -0.4 is 0 Å². The van der Waals surface area contributed by atoms with Crippen molar-refractivity contribution in [3.63, 3.8) is 0 Å². The fourth-order valence-electron chi connectivity index (χ4n) is 8.53. The second-order valence-electron chi connectivity index (χ2n) is 14.7. The summed E-state index contributed by atoms with van der Waals surface area (Å²) in [5.41, 5.74) is 13.0. The monoisotopic (exact) mass is 741 g/mol. The summed E-state index contributed by atoms with van der Waals surface area (Å²) in [6, 6.07) is 64.8. The Bertz CT molecular complexity index is 3550. The van der Waals surface area contributed by atoms with E-state index in [9.17, 15) is 0 Å². The van der Waals surface area contributed by atoms with E-state index in [-0.39, 0.29) is 0 Å². The van der Waals surface area contributed by atoms with Crippen LogP contribution in [-0.4, -0.2) is 15.0 Å². The summed E-state index contributed by atoms with van der Waals surface area (Å²) in [6.07, 6.45) is 0. The number of para-hydroxylation sites is 3. The molecule has 5 nitrogen and oxygen atoms in total. The number of nitrogens with zero attached hydrogens (tertiary/aromatic N) is 3. The lowest BCUT2D eigenvalue weighted by molar-refractivity contribution is 0.669. The number of fused-ring (bicyclic) bond motifs is 10. The predicted octanol–water partition coefficient (Wildman–Crippen LogP) is 14.3. The zero-order valence-corrected chi connectivity index (χ0v) is 31.1. The van der Waals surface area contributed by atoms with Gasteiger partial charge in [-0.2, -0.15) is 0 Å². The molecule has 4 heterocycles. The van der Waals surface area contributed by atoms with Gasteiger partial charge >= 0.3 is 0 Å².